The molecule has 1 aromatic carbocycles. The van der Waals surface area contributed by atoms with Gasteiger partial charge in [-0.15, -0.1) is 0 Å². The SMILES string of the molecule is O=S(=O)([O-])CCCCOCCOCCOCCOCCOCCOCCOCCOCCOc1ccccc1OCCOCCOCCOCCOCCOCCOCCOCCOCCCCS(=O)(=O)[O-].[K+].[K+]. The summed E-state index contributed by atoms with van der Waals surface area (Å²) in [6.45, 7) is 14.6. The summed E-state index contributed by atoms with van der Waals surface area (Å²) >= 11 is 0. The van der Waals surface area contributed by atoms with Gasteiger partial charge in [0.15, 0.2) is 11.5 Å². The summed E-state index contributed by atoms with van der Waals surface area (Å²) in [6, 6.07) is 7.44. The number of hydrogen-bond acceptors (Lipinski definition) is 24. The van der Waals surface area contributed by atoms with Crippen LogP contribution in [-0.4, -0.2) is 262 Å². The summed E-state index contributed by atoms with van der Waals surface area (Å²) < 4.78 is 162. The smallest absolute Gasteiger partial charge is 0.748 e. The number of para-hydroxylation sites is 2. The molecule has 74 heavy (non-hydrogen) atoms. The quantitative estimate of drug-likeness (QED) is 0.0337. The van der Waals surface area contributed by atoms with Gasteiger partial charge in [0.1, 0.15) is 13.2 Å². The summed E-state index contributed by atoms with van der Waals surface area (Å²) in [5.41, 5.74) is 0. The van der Waals surface area contributed by atoms with Crippen LogP contribution in [0.15, 0.2) is 24.3 Å². The molecule has 0 saturated heterocycles. The van der Waals surface area contributed by atoms with E-state index in [1.807, 2.05) is 24.3 Å². The predicted octanol–water partition coefficient (Wildman–Crippen LogP) is -4.63. The molecule has 1 aromatic rings. The Morgan fingerprint density at radius 3 is 0.595 bits per heavy atom. The average molecular weight is 1160 g/mol. The number of hydrogen-bond donors (Lipinski definition) is 0. The van der Waals surface area contributed by atoms with E-state index in [1.54, 1.807) is 0 Å². The maximum absolute atomic E-state index is 10.5. The van der Waals surface area contributed by atoms with Crippen LogP contribution in [0.1, 0.15) is 25.7 Å². The van der Waals surface area contributed by atoms with E-state index in [2.05, 4.69) is 0 Å². The minimum absolute atomic E-state index is 0. The van der Waals surface area contributed by atoms with E-state index in [0.717, 1.165) is 0 Å². The van der Waals surface area contributed by atoms with Crippen molar-refractivity contribution in [2.75, 3.05) is 236 Å². The molecule has 0 aromatic heterocycles. The molecule has 0 atom stereocenters. The second-order valence-corrected chi connectivity index (χ2v) is 17.9. The van der Waals surface area contributed by atoms with E-state index in [-0.39, 0.29) is 114 Å². The maximum atomic E-state index is 10.5. The van der Waals surface area contributed by atoms with Crippen LogP contribution in [0, 0.1) is 0 Å². The Morgan fingerprint density at radius 2 is 0.419 bits per heavy atom. The Labute approximate surface area is 525 Å². The van der Waals surface area contributed by atoms with Gasteiger partial charge in [0, 0.05) is 24.7 Å². The Balaban J connectivity index is 0. The van der Waals surface area contributed by atoms with Crippen LogP contribution in [-0.2, 0) is 96.0 Å². The second-order valence-electron chi connectivity index (χ2n) is 14.9. The van der Waals surface area contributed by atoms with Crippen molar-refractivity contribution in [2.45, 2.75) is 25.7 Å². The Hall–Kier alpha value is 1.27. The fourth-order valence-electron chi connectivity index (χ4n) is 5.36. The van der Waals surface area contributed by atoms with E-state index in [4.69, 9.17) is 85.3 Å². The van der Waals surface area contributed by atoms with Crippen LogP contribution in [0.25, 0.3) is 0 Å². The topological polar surface area (TPSA) is 281 Å². The van der Waals surface area contributed by atoms with Gasteiger partial charge in [-0.3, -0.25) is 0 Å². The number of rotatable bonds is 60. The molecule has 1 rings (SSSR count). The summed E-state index contributed by atoms with van der Waals surface area (Å²) in [5, 5.41) is 0. The van der Waals surface area contributed by atoms with Crippen molar-refractivity contribution in [3.63, 3.8) is 0 Å². The molecule has 0 fully saturated rings. The second kappa shape index (κ2) is 60.4. The molecule has 0 spiro atoms. The van der Waals surface area contributed by atoms with Crippen LogP contribution >= 0.6 is 0 Å². The fraction of sp³-hybridized carbons (Fsp3) is 0.870. The summed E-state index contributed by atoms with van der Waals surface area (Å²) in [4.78, 5) is 0. The molecule has 0 N–H and O–H groups in total. The van der Waals surface area contributed by atoms with E-state index in [0.29, 0.717) is 262 Å². The van der Waals surface area contributed by atoms with E-state index >= 15 is 0 Å². The first-order chi connectivity index (χ1) is 35.2. The Morgan fingerprint density at radius 1 is 0.257 bits per heavy atom. The van der Waals surface area contributed by atoms with Crippen molar-refractivity contribution in [2.24, 2.45) is 0 Å². The van der Waals surface area contributed by atoms with Gasteiger partial charge in [-0.1, -0.05) is 12.1 Å². The first kappa shape index (κ1) is 77.3. The molecule has 0 bridgehead atoms. The van der Waals surface area contributed by atoms with Crippen molar-refractivity contribution in [1.29, 1.82) is 0 Å². The van der Waals surface area contributed by atoms with Crippen molar-refractivity contribution >= 4 is 20.2 Å². The largest absolute Gasteiger partial charge is 1.00 e. The third kappa shape index (κ3) is 62.5. The van der Waals surface area contributed by atoms with Crippen LogP contribution in [0.4, 0.5) is 0 Å². The number of benzene rings is 1. The van der Waals surface area contributed by atoms with Crippen LogP contribution in [0.2, 0.25) is 0 Å². The predicted molar refractivity (Wildman–Crippen MR) is 258 cm³/mol. The zero-order valence-electron chi connectivity index (χ0n) is 44.2. The molecule has 24 nitrogen and oxygen atoms in total. The van der Waals surface area contributed by atoms with E-state index < -0.39 is 20.2 Å². The van der Waals surface area contributed by atoms with E-state index in [1.165, 1.54) is 0 Å². The third-order valence-corrected chi connectivity index (χ3v) is 10.5. The molecule has 28 heteroatoms. The molecule has 0 aliphatic rings. The molecular weight excluding hydrogens is 1080 g/mol. The van der Waals surface area contributed by atoms with Gasteiger partial charge in [-0.05, 0) is 37.8 Å². The molecule has 0 saturated carbocycles. The van der Waals surface area contributed by atoms with Crippen molar-refractivity contribution in [1.82, 2.24) is 0 Å². The fourth-order valence-corrected chi connectivity index (χ4v) is 6.47. The van der Waals surface area contributed by atoms with Gasteiger partial charge in [-0.2, -0.15) is 0 Å². The van der Waals surface area contributed by atoms with Crippen molar-refractivity contribution in [3.05, 3.63) is 24.3 Å². The first-order valence-corrected chi connectivity index (χ1v) is 27.8. The maximum Gasteiger partial charge on any atom is 1.00 e. The monoisotopic (exact) mass is 1160 g/mol. The molecule has 0 unspecified atom stereocenters. The standard InChI is InChI=1S/C46H86O24S2.2K/c47-71(48,49)43-5-3-9-53-11-13-55-15-17-57-19-21-59-23-25-61-27-29-63-31-33-65-35-37-67-39-41-69-45-7-1-2-8-46(45)70-42-40-68-38-36-66-34-32-64-30-28-62-26-24-60-22-20-58-18-16-56-14-12-54-10-4-6-44-72(50,51)52;;/h1-2,7-8H,3-6,9-44H2,(H,47,48,49)(H,50,51,52);;/q;2*+1/p-2. The average Bonchev–Trinajstić information content (AvgIpc) is 3.35. The van der Waals surface area contributed by atoms with Gasteiger partial charge in [0.05, 0.1) is 218 Å². The van der Waals surface area contributed by atoms with Crippen LogP contribution < -0.4 is 112 Å². The normalized spacial score (nSPS) is 11.7. The van der Waals surface area contributed by atoms with Crippen molar-refractivity contribution in [3.8, 4) is 11.5 Å². The zero-order valence-corrected chi connectivity index (χ0v) is 52.1. The summed E-state index contributed by atoms with van der Waals surface area (Å²) in [7, 11) is -8.31. The third-order valence-electron chi connectivity index (χ3n) is 8.89. The van der Waals surface area contributed by atoms with Gasteiger partial charge in [-0.25, -0.2) is 16.8 Å². The van der Waals surface area contributed by atoms with Gasteiger partial charge in [0.25, 0.3) is 0 Å². The van der Waals surface area contributed by atoms with E-state index in [9.17, 15) is 25.9 Å². The molecule has 0 heterocycles. The summed E-state index contributed by atoms with van der Waals surface area (Å²) in [6.07, 6.45) is 1.62. The molecule has 0 radical (unpaired) electrons. The van der Waals surface area contributed by atoms with Gasteiger partial charge < -0.3 is 94.4 Å². The first-order valence-electron chi connectivity index (χ1n) is 24.6. The zero-order chi connectivity index (χ0) is 52.0. The minimum atomic E-state index is -4.15. The Bertz CT molecular complexity index is 1400. The van der Waals surface area contributed by atoms with Gasteiger partial charge >= 0.3 is 103 Å². The molecule has 0 aliphatic heterocycles. The summed E-state index contributed by atoms with van der Waals surface area (Å²) in [5.74, 6) is 0.520. The van der Waals surface area contributed by atoms with Gasteiger partial charge in [0.2, 0.25) is 0 Å². The van der Waals surface area contributed by atoms with Crippen molar-refractivity contribution < 1.29 is 214 Å². The molecule has 426 valence electrons. The number of ether oxygens (including phenoxy) is 18. The number of unbranched alkanes of at least 4 members (excludes halogenated alkanes) is 2. The van der Waals surface area contributed by atoms with Crippen LogP contribution in [0.5, 0.6) is 11.5 Å². The molecule has 0 amide bonds. The Kier molecular flexibility index (Phi) is 63.1. The molecule has 0 aliphatic carbocycles. The van der Waals surface area contributed by atoms with Crippen LogP contribution in [0.3, 0.4) is 0 Å². The minimum Gasteiger partial charge on any atom is -0.748 e. The molecular formula is C46H84K2O24S2.